The fourth-order valence-electron chi connectivity index (χ4n) is 7.47. The van der Waals surface area contributed by atoms with Gasteiger partial charge in [-0.25, -0.2) is 0 Å². The van der Waals surface area contributed by atoms with E-state index in [9.17, 15) is 5.48 Å². The lowest BCUT2D eigenvalue weighted by Crippen LogP contribution is -2.10. The Morgan fingerprint density at radius 3 is 1.65 bits per heavy atom. The monoisotopic (exact) mass is 693 g/mol. The minimum atomic E-state index is -0.124. The lowest BCUT2D eigenvalue weighted by molar-refractivity contribution is 0.673. The van der Waals surface area contributed by atoms with Crippen molar-refractivity contribution in [3.63, 3.8) is 0 Å². The normalized spacial score (nSPS) is 12.4. The zero-order valence-electron chi connectivity index (χ0n) is 33.3. The van der Waals surface area contributed by atoms with Crippen molar-refractivity contribution in [2.24, 2.45) is 0 Å². The van der Waals surface area contributed by atoms with Crippen molar-refractivity contribution in [2.45, 2.75) is 0 Å². The van der Waals surface area contributed by atoms with Gasteiger partial charge in [0, 0.05) is 33.2 Å². The van der Waals surface area contributed by atoms with Gasteiger partial charge >= 0.3 is 0 Å². The highest BCUT2D eigenvalue weighted by Gasteiger charge is 2.18. The molecule has 2 heteroatoms. The molecule has 0 aliphatic rings. The molecule has 54 heavy (non-hydrogen) atoms. The molecule has 0 aliphatic carbocycles. The first-order chi connectivity index (χ1) is 28.4. The van der Waals surface area contributed by atoms with Crippen LogP contribution in [0, 0.1) is 0 Å². The molecule has 0 aliphatic heterocycles. The van der Waals surface area contributed by atoms with E-state index in [1.54, 1.807) is 0 Å². The minimum Gasteiger partial charge on any atom is -0.455 e. The van der Waals surface area contributed by atoms with Crippen LogP contribution in [0.5, 0.6) is 0 Å². The smallest absolute Gasteiger partial charge is 0.143 e. The Labute approximate surface area is 320 Å². The predicted molar refractivity (Wildman–Crippen MR) is 228 cm³/mol. The highest BCUT2D eigenvalue weighted by atomic mass is 16.3. The largest absolute Gasteiger partial charge is 0.455 e. The molecular formula is C52H35NO. The van der Waals surface area contributed by atoms with E-state index in [1.165, 1.54) is 0 Å². The second-order valence-corrected chi connectivity index (χ2v) is 13.4. The molecule has 10 rings (SSSR count). The Morgan fingerprint density at radius 1 is 0.370 bits per heavy atom. The summed E-state index contributed by atoms with van der Waals surface area (Å²) in [5.74, 6) is 0. The lowest BCUT2D eigenvalue weighted by Gasteiger charge is -2.26. The van der Waals surface area contributed by atoms with Crippen LogP contribution in [0.25, 0.3) is 77.2 Å². The van der Waals surface area contributed by atoms with Gasteiger partial charge in [0.1, 0.15) is 11.2 Å². The molecule has 0 saturated carbocycles. The van der Waals surface area contributed by atoms with Crippen LogP contribution in [0.3, 0.4) is 0 Å². The molecule has 0 atom stereocenters. The average Bonchev–Trinajstić information content (AvgIpc) is 3.68. The molecule has 254 valence electrons. The van der Waals surface area contributed by atoms with Gasteiger partial charge in [0.25, 0.3) is 0 Å². The SMILES string of the molecule is [2H]c1c([2H])c(N(c2ccc(-c3ccc(-c4ccccc4)cc3)cc2)c2cccc(-c3cccc4oc5c6ccccc6ccc5c34)c2)c([2H])c([2H])c1-c1ccccc1. The summed E-state index contributed by atoms with van der Waals surface area (Å²) in [5.41, 5.74) is 10.4. The predicted octanol–water partition coefficient (Wildman–Crippen LogP) is 14.9. The van der Waals surface area contributed by atoms with Crippen LogP contribution >= 0.6 is 0 Å². The number of benzene rings is 9. The summed E-state index contributed by atoms with van der Waals surface area (Å²) >= 11 is 0. The van der Waals surface area contributed by atoms with Crippen LogP contribution in [0.4, 0.5) is 17.1 Å². The van der Waals surface area contributed by atoms with Gasteiger partial charge in [0.15, 0.2) is 0 Å². The quantitative estimate of drug-likeness (QED) is 0.165. The van der Waals surface area contributed by atoms with Crippen LogP contribution in [0.2, 0.25) is 0 Å². The third-order valence-corrected chi connectivity index (χ3v) is 10.2. The highest BCUT2D eigenvalue weighted by molar-refractivity contribution is 6.19. The lowest BCUT2D eigenvalue weighted by atomic mass is 9.97. The van der Waals surface area contributed by atoms with Gasteiger partial charge in [-0.1, -0.05) is 164 Å². The van der Waals surface area contributed by atoms with Gasteiger partial charge in [-0.15, -0.1) is 0 Å². The first-order valence-corrected chi connectivity index (χ1v) is 18.1. The Balaban J connectivity index is 1.13. The fraction of sp³-hybridized carbons (Fsp3) is 0. The van der Waals surface area contributed by atoms with Crippen LogP contribution in [0.1, 0.15) is 5.48 Å². The van der Waals surface area contributed by atoms with E-state index < -0.39 is 0 Å². The molecule has 0 unspecified atom stereocenters. The van der Waals surface area contributed by atoms with E-state index in [4.69, 9.17) is 4.42 Å². The van der Waals surface area contributed by atoms with E-state index in [0.29, 0.717) is 16.9 Å². The van der Waals surface area contributed by atoms with Crippen molar-refractivity contribution in [2.75, 3.05) is 4.90 Å². The van der Waals surface area contributed by atoms with Gasteiger partial charge in [0.2, 0.25) is 0 Å². The third-order valence-electron chi connectivity index (χ3n) is 10.2. The Morgan fingerprint density at radius 2 is 0.944 bits per heavy atom. The van der Waals surface area contributed by atoms with Crippen LogP contribution in [-0.4, -0.2) is 0 Å². The van der Waals surface area contributed by atoms with Gasteiger partial charge in [-0.05, 0) is 98.4 Å². The van der Waals surface area contributed by atoms with E-state index in [-0.39, 0.29) is 35.4 Å². The van der Waals surface area contributed by atoms with E-state index in [0.717, 1.165) is 66.1 Å². The second-order valence-electron chi connectivity index (χ2n) is 13.4. The van der Waals surface area contributed by atoms with Gasteiger partial charge in [-0.3, -0.25) is 0 Å². The third kappa shape index (κ3) is 5.71. The molecule has 0 saturated heterocycles. The van der Waals surface area contributed by atoms with Crippen molar-refractivity contribution in [3.05, 3.63) is 212 Å². The second kappa shape index (κ2) is 13.4. The molecule has 2 nitrogen and oxygen atoms in total. The Kier molecular flexibility index (Phi) is 6.84. The molecule has 9 aromatic carbocycles. The summed E-state index contributed by atoms with van der Waals surface area (Å²) in [6.45, 7) is 0. The summed E-state index contributed by atoms with van der Waals surface area (Å²) in [5, 5.41) is 4.20. The molecular weight excluding hydrogens is 655 g/mol. The number of anilines is 3. The first-order valence-electron chi connectivity index (χ1n) is 20.1. The summed E-state index contributed by atoms with van der Waals surface area (Å²) < 4.78 is 43.8. The maximum absolute atomic E-state index is 9.44. The van der Waals surface area contributed by atoms with Crippen molar-refractivity contribution >= 4 is 49.8 Å². The minimum absolute atomic E-state index is 0.0969. The summed E-state index contributed by atoms with van der Waals surface area (Å²) in [7, 11) is 0. The number of rotatable bonds is 7. The van der Waals surface area contributed by atoms with E-state index >= 15 is 0 Å². The maximum atomic E-state index is 9.44. The molecule has 0 spiro atoms. The van der Waals surface area contributed by atoms with Crippen molar-refractivity contribution < 1.29 is 9.90 Å². The number of nitrogens with zero attached hydrogens (tertiary/aromatic N) is 1. The zero-order chi connectivity index (χ0) is 39.3. The van der Waals surface area contributed by atoms with Gasteiger partial charge < -0.3 is 9.32 Å². The molecule has 0 amide bonds. The number of furan rings is 1. The van der Waals surface area contributed by atoms with Crippen LogP contribution in [0.15, 0.2) is 217 Å². The summed E-state index contributed by atoms with van der Waals surface area (Å²) in [6.07, 6.45) is 0. The molecule has 0 fully saturated rings. The van der Waals surface area contributed by atoms with Crippen molar-refractivity contribution in [1.82, 2.24) is 0 Å². The standard InChI is InChI=1S/C52H35NO/c1-3-11-36(12-4-1)38-21-23-39(24-22-38)41-27-32-45(33-28-41)53(44-30-25-40(26-31-44)37-13-5-2-6-14-37)46-17-9-16-43(35-46)47-19-10-20-50-51(47)49-34-29-42-15-7-8-18-48(42)52(49)54-50/h1-35H/i25D,26D,30D,31D. The zero-order valence-corrected chi connectivity index (χ0v) is 29.3. The van der Waals surface area contributed by atoms with Crippen molar-refractivity contribution in [3.8, 4) is 44.5 Å². The van der Waals surface area contributed by atoms with Crippen LogP contribution < -0.4 is 4.90 Å². The van der Waals surface area contributed by atoms with E-state index in [1.807, 2.05) is 114 Å². The van der Waals surface area contributed by atoms with E-state index in [2.05, 4.69) is 78.9 Å². The summed E-state index contributed by atoms with van der Waals surface area (Å²) in [6, 6.07) is 62.2. The molecule has 0 radical (unpaired) electrons. The van der Waals surface area contributed by atoms with Gasteiger partial charge in [0.05, 0.1) is 5.48 Å². The van der Waals surface area contributed by atoms with Crippen molar-refractivity contribution in [1.29, 1.82) is 0 Å². The maximum Gasteiger partial charge on any atom is 0.143 e. The van der Waals surface area contributed by atoms with Crippen LogP contribution in [-0.2, 0) is 0 Å². The fourth-order valence-corrected chi connectivity index (χ4v) is 7.47. The van der Waals surface area contributed by atoms with Gasteiger partial charge in [-0.2, -0.15) is 0 Å². The number of hydrogen-bond donors (Lipinski definition) is 0. The highest BCUT2D eigenvalue weighted by Crippen LogP contribution is 2.42. The number of fused-ring (bicyclic) bond motifs is 5. The molecule has 10 aromatic rings. The molecule has 1 aromatic heterocycles. The Hall–Kier alpha value is -7.16. The molecule has 0 N–H and O–H groups in total. The average molecular weight is 694 g/mol. The molecule has 1 heterocycles. The number of hydrogen-bond acceptors (Lipinski definition) is 2. The summed E-state index contributed by atoms with van der Waals surface area (Å²) in [4.78, 5) is 1.85. The first kappa shape index (κ1) is 27.5. The topological polar surface area (TPSA) is 16.4 Å². The Bertz CT molecular complexity index is 3110. The molecule has 0 bridgehead atoms.